The summed E-state index contributed by atoms with van der Waals surface area (Å²) in [5, 5.41) is 2.85. The molecule has 0 spiro atoms. The van der Waals surface area contributed by atoms with Crippen LogP contribution in [0.3, 0.4) is 0 Å². The second-order valence-corrected chi connectivity index (χ2v) is 10.9. The third-order valence-electron chi connectivity index (χ3n) is 4.97. The van der Waals surface area contributed by atoms with Crippen molar-refractivity contribution in [2.24, 2.45) is 0 Å². The second kappa shape index (κ2) is 10.9. The summed E-state index contributed by atoms with van der Waals surface area (Å²) in [6.07, 6.45) is 0.965. The lowest BCUT2D eigenvalue weighted by Crippen LogP contribution is -2.54. The fourth-order valence-electron chi connectivity index (χ4n) is 3.21. The highest BCUT2D eigenvalue weighted by Crippen LogP contribution is 2.20. The van der Waals surface area contributed by atoms with Gasteiger partial charge in [-0.15, -0.1) is 0 Å². The molecule has 8 nitrogen and oxygen atoms in total. The van der Waals surface area contributed by atoms with Crippen LogP contribution in [0.25, 0.3) is 0 Å². The fraction of sp³-hybridized carbons (Fsp3) is 0.417. The van der Waals surface area contributed by atoms with Gasteiger partial charge in [0, 0.05) is 12.1 Å². The Hall–Kier alpha value is -3.14. The predicted octanol–water partition coefficient (Wildman–Crippen LogP) is 2.93. The van der Waals surface area contributed by atoms with Gasteiger partial charge in [-0.25, -0.2) is 12.8 Å². The molecule has 2 aromatic rings. The van der Waals surface area contributed by atoms with E-state index in [1.807, 2.05) is 20.8 Å². The number of methoxy groups -OCH3 is 1. The van der Waals surface area contributed by atoms with Crippen molar-refractivity contribution in [3.8, 4) is 5.75 Å². The Labute approximate surface area is 200 Å². The molecule has 0 saturated heterocycles. The quantitative estimate of drug-likeness (QED) is 0.580. The number of hydrogen-bond acceptors (Lipinski definition) is 5. The highest BCUT2D eigenvalue weighted by molar-refractivity contribution is 7.92. The number of ether oxygens (including phenoxy) is 1. The number of amides is 2. The van der Waals surface area contributed by atoms with Crippen LogP contribution in [0.4, 0.5) is 10.1 Å². The van der Waals surface area contributed by atoms with E-state index in [1.54, 1.807) is 38.3 Å². The van der Waals surface area contributed by atoms with Crippen LogP contribution in [0.2, 0.25) is 0 Å². The molecule has 0 fully saturated rings. The molecule has 0 heterocycles. The van der Waals surface area contributed by atoms with Crippen molar-refractivity contribution in [3.63, 3.8) is 0 Å². The first-order chi connectivity index (χ1) is 15.7. The van der Waals surface area contributed by atoms with Gasteiger partial charge in [-0.3, -0.25) is 13.9 Å². The first-order valence-corrected chi connectivity index (χ1v) is 12.5. The molecule has 0 aliphatic carbocycles. The monoisotopic (exact) mass is 493 g/mol. The van der Waals surface area contributed by atoms with E-state index >= 15 is 0 Å². The van der Waals surface area contributed by atoms with Crippen LogP contribution in [0.1, 0.15) is 33.3 Å². The van der Waals surface area contributed by atoms with Crippen LogP contribution in [0.15, 0.2) is 48.5 Å². The molecule has 2 amide bonds. The fourth-order valence-corrected chi connectivity index (χ4v) is 4.05. The van der Waals surface area contributed by atoms with E-state index in [4.69, 9.17) is 4.74 Å². The molecule has 34 heavy (non-hydrogen) atoms. The third-order valence-corrected chi connectivity index (χ3v) is 6.11. The van der Waals surface area contributed by atoms with Crippen molar-refractivity contribution < 1.29 is 27.1 Å². The molecule has 2 aromatic carbocycles. The molecule has 0 bridgehead atoms. The topological polar surface area (TPSA) is 96.0 Å². The van der Waals surface area contributed by atoms with Gasteiger partial charge in [-0.05, 0) is 69.7 Å². The summed E-state index contributed by atoms with van der Waals surface area (Å²) in [6, 6.07) is 10.9. The molecule has 1 atom stereocenters. The maximum atomic E-state index is 13.4. The summed E-state index contributed by atoms with van der Waals surface area (Å²) in [7, 11) is -2.33. The molecular weight excluding hydrogens is 461 g/mol. The lowest BCUT2D eigenvalue weighted by molar-refractivity contribution is -0.140. The van der Waals surface area contributed by atoms with Gasteiger partial charge in [0.1, 0.15) is 24.2 Å². The van der Waals surface area contributed by atoms with E-state index in [-0.39, 0.29) is 18.1 Å². The number of benzene rings is 2. The molecule has 1 unspecified atom stereocenters. The Morgan fingerprint density at radius 3 is 2.09 bits per heavy atom. The molecular formula is C24H32FN3O5S. The maximum Gasteiger partial charge on any atom is 0.244 e. The van der Waals surface area contributed by atoms with E-state index in [2.05, 4.69) is 5.32 Å². The van der Waals surface area contributed by atoms with Crippen molar-refractivity contribution in [1.29, 1.82) is 0 Å². The van der Waals surface area contributed by atoms with Gasteiger partial charge in [0.2, 0.25) is 21.8 Å². The van der Waals surface area contributed by atoms with Crippen LogP contribution in [0.5, 0.6) is 5.75 Å². The summed E-state index contributed by atoms with van der Waals surface area (Å²) in [5.74, 6) is -0.846. The van der Waals surface area contributed by atoms with Crippen LogP contribution in [-0.2, 0) is 26.2 Å². The summed E-state index contributed by atoms with van der Waals surface area (Å²) >= 11 is 0. The number of carbonyl (C=O) groups is 2. The molecule has 186 valence electrons. The zero-order chi connectivity index (χ0) is 25.7. The molecule has 0 aliphatic heterocycles. The Morgan fingerprint density at radius 1 is 1.06 bits per heavy atom. The van der Waals surface area contributed by atoms with Crippen molar-refractivity contribution in [1.82, 2.24) is 10.2 Å². The van der Waals surface area contributed by atoms with Crippen LogP contribution in [-0.4, -0.2) is 56.6 Å². The number of rotatable bonds is 9. The Kier molecular flexibility index (Phi) is 8.66. The van der Waals surface area contributed by atoms with Crippen LogP contribution >= 0.6 is 0 Å². The zero-order valence-electron chi connectivity index (χ0n) is 20.3. The largest absolute Gasteiger partial charge is 0.497 e. The minimum atomic E-state index is -3.87. The van der Waals surface area contributed by atoms with Gasteiger partial charge in [0.15, 0.2) is 0 Å². The molecule has 2 rings (SSSR count). The van der Waals surface area contributed by atoms with Crippen molar-refractivity contribution in [3.05, 3.63) is 59.9 Å². The van der Waals surface area contributed by atoms with E-state index in [0.29, 0.717) is 5.75 Å². The number of hydrogen-bond donors (Lipinski definition) is 1. The summed E-state index contributed by atoms with van der Waals surface area (Å²) in [5.41, 5.74) is 0.360. The smallest absolute Gasteiger partial charge is 0.244 e. The van der Waals surface area contributed by atoms with E-state index in [9.17, 15) is 22.4 Å². The summed E-state index contributed by atoms with van der Waals surface area (Å²) in [4.78, 5) is 27.6. The lowest BCUT2D eigenvalue weighted by atomic mass is 10.1. The average Bonchev–Trinajstić information content (AvgIpc) is 2.74. The highest BCUT2D eigenvalue weighted by atomic mass is 32.2. The van der Waals surface area contributed by atoms with Gasteiger partial charge >= 0.3 is 0 Å². The van der Waals surface area contributed by atoms with E-state index in [0.717, 1.165) is 28.3 Å². The van der Waals surface area contributed by atoms with Gasteiger partial charge in [0.05, 0.1) is 19.1 Å². The minimum Gasteiger partial charge on any atom is -0.497 e. The number of carbonyl (C=O) groups excluding carboxylic acids is 2. The SMILES string of the molecule is COc1ccc(CN(C(=O)CN(c2ccc(F)cc2)S(C)(=O)=O)C(C)C(=O)NC(C)(C)C)cc1. The average molecular weight is 494 g/mol. The Morgan fingerprint density at radius 2 is 1.62 bits per heavy atom. The van der Waals surface area contributed by atoms with Crippen molar-refractivity contribution in [2.45, 2.75) is 45.8 Å². The zero-order valence-corrected chi connectivity index (χ0v) is 21.1. The first-order valence-electron chi connectivity index (χ1n) is 10.7. The Bertz CT molecular complexity index is 1100. The number of nitrogens with zero attached hydrogens (tertiary/aromatic N) is 2. The van der Waals surface area contributed by atoms with Gasteiger partial charge in [-0.1, -0.05) is 12.1 Å². The first kappa shape index (κ1) is 27.1. The number of halogens is 1. The molecule has 0 aromatic heterocycles. The van der Waals surface area contributed by atoms with Crippen molar-refractivity contribution in [2.75, 3.05) is 24.2 Å². The van der Waals surface area contributed by atoms with Gasteiger partial charge in [0.25, 0.3) is 0 Å². The number of nitrogens with one attached hydrogen (secondary N) is 1. The van der Waals surface area contributed by atoms with E-state index < -0.39 is 39.9 Å². The van der Waals surface area contributed by atoms with E-state index in [1.165, 1.54) is 17.0 Å². The molecule has 0 saturated carbocycles. The predicted molar refractivity (Wildman–Crippen MR) is 129 cm³/mol. The molecule has 1 N–H and O–H groups in total. The van der Waals surface area contributed by atoms with Crippen LogP contribution in [0, 0.1) is 5.82 Å². The molecule has 0 radical (unpaired) electrons. The highest BCUT2D eigenvalue weighted by Gasteiger charge is 2.31. The van der Waals surface area contributed by atoms with Gasteiger partial charge in [-0.2, -0.15) is 0 Å². The Balaban J connectivity index is 2.38. The standard InChI is InChI=1S/C24H32FN3O5S/c1-17(23(30)26-24(2,3)4)27(15-18-7-13-21(33-5)14-8-18)22(29)16-28(34(6,31)32)20-11-9-19(25)10-12-20/h7-14,17H,15-16H2,1-6H3,(H,26,30). The van der Waals surface area contributed by atoms with Crippen molar-refractivity contribution >= 4 is 27.5 Å². The normalized spacial score (nSPS) is 12.6. The molecule has 10 heteroatoms. The lowest BCUT2D eigenvalue weighted by Gasteiger charge is -2.33. The second-order valence-electron chi connectivity index (χ2n) is 9.03. The van der Waals surface area contributed by atoms with Crippen LogP contribution < -0.4 is 14.4 Å². The summed E-state index contributed by atoms with van der Waals surface area (Å²) < 4.78 is 44.4. The summed E-state index contributed by atoms with van der Waals surface area (Å²) in [6.45, 7) is 6.59. The minimum absolute atomic E-state index is 0.0720. The molecule has 0 aliphatic rings. The third kappa shape index (κ3) is 7.72. The maximum absolute atomic E-state index is 13.4. The van der Waals surface area contributed by atoms with Gasteiger partial charge < -0.3 is 15.0 Å². The number of anilines is 1. The number of sulfonamides is 1.